The molecule has 2 unspecified atom stereocenters. The molecule has 0 aliphatic rings. The molecule has 2 N–H and O–H groups in total. The fourth-order valence-electron chi connectivity index (χ4n) is 5.52. The summed E-state index contributed by atoms with van der Waals surface area (Å²) in [6, 6.07) is 11.7. The Morgan fingerprint density at radius 2 is 0.811 bits per heavy atom. The summed E-state index contributed by atoms with van der Waals surface area (Å²) in [7, 11) is 3.98. The third-order valence-corrected chi connectivity index (χ3v) is 9.24. The number of rotatable bonds is 24. The van der Waals surface area contributed by atoms with E-state index in [2.05, 4.69) is 48.1 Å². The highest BCUT2D eigenvalue weighted by molar-refractivity contribution is 5.96. The van der Waals surface area contributed by atoms with Crippen LogP contribution < -0.4 is 10.6 Å². The van der Waals surface area contributed by atoms with Crippen LogP contribution in [-0.4, -0.2) is 101 Å². The maximum absolute atomic E-state index is 12.9. The van der Waals surface area contributed by atoms with Crippen molar-refractivity contribution in [1.29, 1.82) is 0 Å². The fourth-order valence-corrected chi connectivity index (χ4v) is 5.52. The molecule has 0 aliphatic heterocycles. The van der Waals surface area contributed by atoms with Gasteiger partial charge in [-0.1, -0.05) is 104 Å². The van der Waals surface area contributed by atoms with Crippen molar-refractivity contribution in [3.63, 3.8) is 0 Å². The van der Waals surface area contributed by atoms with Gasteiger partial charge >= 0.3 is 0 Å². The molecule has 304 valence electrons. The van der Waals surface area contributed by atoms with Gasteiger partial charge in [-0.2, -0.15) is 0 Å². The van der Waals surface area contributed by atoms with E-state index in [0.717, 1.165) is 72.4 Å². The Kier molecular flexibility index (Phi) is 29.8. The summed E-state index contributed by atoms with van der Waals surface area (Å²) in [6.07, 6.45) is 8.44. The maximum atomic E-state index is 12.9. The molecule has 0 fully saturated rings. The minimum Gasteiger partial charge on any atom is -0.379 e. The third-order valence-electron chi connectivity index (χ3n) is 9.24. The van der Waals surface area contributed by atoms with E-state index in [4.69, 9.17) is 14.2 Å². The number of likely N-dealkylation sites (N-methyl/N-ethyl adjacent to an activating group) is 2. The molecule has 0 aliphatic carbocycles. The van der Waals surface area contributed by atoms with E-state index >= 15 is 0 Å². The predicted molar refractivity (Wildman–Crippen MR) is 225 cm³/mol. The first kappa shape index (κ1) is 50.2. The SMILES string of the molecule is CCC(C(=O)Nc1c(C)cccc1C)N(C)CCCOCCOCCOCCCN(C)C(CC)C(=O)Nc1c(C)cccc1C.CCCC.CCCC. The Hall–Kier alpha value is -2.82. The Labute approximate surface area is 324 Å². The van der Waals surface area contributed by atoms with Gasteiger partial charge in [-0.25, -0.2) is 0 Å². The van der Waals surface area contributed by atoms with Crippen LogP contribution in [0.4, 0.5) is 11.4 Å². The van der Waals surface area contributed by atoms with Crippen LogP contribution in [0.2, 0.25) is 0 Å². The summed E-state index contributed by atoms with van der Waals surface area (Å²) in [5.74, 6) is 0.0601. The van der Waals surface area contributed by atoms with Gasteiger partial charge in [0, 0.05) is 37.7 Å². The third kappa shape index (κ3) is 21.6. The van der Waals surface area contributed by atoms with Crippen LogP contribution in [-0.2, 0) is 23.8 Å². The number of nitrogens with one attached hydrogen (secondary N) is 2. The zero-order valence-electron chi connectivity index (χ0n) is 35.9. The first-order chi connectivity index (χ1) is 25.4. The van der Waals surface area contributed by atoms with Gasteiger partial charge in [0.15, 0.2) is 0 Å². The van der Waals surface area contributed by atoms with Crippen LogP contribution in [0.1, 0.15) is 115 Å². The molecule has 9 heteroatoms. The van der Waals surface area contributed by atoms with Crippen molar-refractivity contribution < 1.29 is 23.8 Å². The van der Waals surface area contributed by atoms with Crippen LogP contribution in [0.3, 0.4) is 0 Å². The second-order valence-electron chi connectivity index (χ2n) is 13.9. The Morgan fingerprint density at radius 1 is 0.528 bits per heavy atom. The number of carbonyl (C=O) groups is 2. The molecule has 2 rings (SSSR count). The van der Waals surface area contributed by atoms with Crippen molar-refractivity contribution in [1.82, 2.24) is 9.80 Å². The van der Waals surface area contributed by atoms with Gasteiger partial charge in [0.05, 0.1) is 38.5 Å². The first-order valence-corrected chi connectivity index (χ1v) is 20.3. The zero-order valence-corrected chi connectivity index (χ0v) is 35.9. The van der Waals surface area contributed by atoms with Gasteiger partial charge in [0.2, 0.25) is 11.8 Å². The monoisotopic (exact) mass is 743 g/mol. The molecular weight excluding hydrogens is 665 g/mol. The lowest BCUT2D eigenvalue weighted by Gasteiger charge is -2.27. The van der Waals surface area contributed by atoms with Crippen molar-refractivity contribution in [3.8, 4) is 0 Å². The topological polar surface area (TPSA) is 92.4 Å². The summed E-state index contributed by atoms with van der Waals surface area (Å²) in [4.78, 5) is 30.1. The van der Waals surface area contributed by atoms with Crippen LogP contribution in [0.15, 0.2) is 36.4 Å². The van der Waals surface area contributed by atoms with Gasteiger partial charge < -0.3 is 24.8 Å². The fraction of sp³-hybridized carbons (Fsp3) is 0.682. The van der Waals surface area contributed by atoms with Crippen LogP contribution in [0, 0.1) is 27.7 Å². The number of aryl methyl sites for hydroxylation is 4. The Bertz CT molecular complexity index is 1100. The second-order valence-corrected chi connectivity index (χ2v) is 13.9. The van der Waals surface area contributed by atoms with E-state index in [-0.39, 0.29) is 23.9 Å². The number of carbonyl (C=O) groups excluding carboxylic acids is 2. The highest BCUT2D eigenvalue weighted by Crippen LogP contribution is 2.21. The number of para-hydroxylation sites is 2. The first-order valence-electron chi connectivity index (χ1n) is 20.3. The van der Waals surface area contributed by atoms with Gasteiger partial charge in [0.25, 0.3) is 0 Å². The van der Waals surface area contributed by atoms with Crippen LogP contribution >= 0.6 is 0 Å². The van der Waals surface area contributed by atoms with E-state index in [1.807, 2.05) is 92.0 Å². The molecule has 53 heavy (non-hydrogen) atoms. The number of unbranched alkanes of at least 4 members (excludes halogenated alkanes) is 2. The van der Waals surface area contributed by atoms with Crippen LogP contribution in [0.5, 0.6) is 0 Å². The lowest BCUT2D eigenvalue weighted by molar-refractivity contribution is -0.121. The number of ether oxygens (including phenoxy) is 3. The van der Waals surface area contributed by atoms with Gasteiger partial charge in [-0.3, -0.25) is 19.4 Å². The van der Waals surface area contributed by atoms with Gasteiger partial charge in [-0.15, -0.1) is 0 Å². The Morgan fingerprint density at radius 3 is 1.08 bits per heavy atom. The predicted octanol–water partition coefficient (Wildman–Crippen LogP) is 9.36. The summed E-state index contributed by atoms with van der Waals surface area (Å²) in [5.41, 5.74) is 6.11. The number of hydrogen-bond acceptors (Lipinski definition) is 7. The van der Waals surface area contributed by atoms with Crippen molar-refractivity contribution >= 4 is 23.2 Å². The highest BCUT2D eigenvalue weighted by atomic mass is 16.5. The van der Waals surface area contributed by atoms with E-state index < -0.39 is 0 Å². The standard InChI is InChI=1S/C36H58N4O5.2C4H10/c1-9-31(35(41)37-33-27(3)15-11-16-28(33)4)39(7)19-13-21-43-23-25-45-26-24-44-22-14-20-40(8)32(10-2)36(42)38-34-29(5)17-12-18-30(34)6;2*1-3-4-2/h11-12,15-18,31-32H,9-10,13-14,19-26H2,1-8H3,(H,37,41)(H,38,42);2*3-4H2,1-2H3. The molecule has 2 amide bonds. The minimum atomic E-state index is -0.186. The lowest BCUT2D eigenvalue weighted by atomic mass is 10.1. The van der Waals surface area contributed by atoms with Crippen molar-refractivity contribution in [2.45, 2.75) is 133 Å². The largest absolute Gasteiger partial charge is 0.379 e. The average Bonchev–Trinajstić information content (AvgIpc) is 3.14. The normalized spacial score (nSPS) is 12.0. The second kappa shape index (κ2) is 31.5. The molecule has 2 aromatic rings. The molecule has 9 nitrogen and oxygen atoms in total. The minimum absolute atomic E-state index is 0.0301. The molecule has 0 heterocycles. The molecule has 0 saturated heterocycles. The summed E-state index contributed by atoms with van der Waals surface area (Å²) in [6.45, 7) is 25.8. The molecule has 2 atom stereocenters. The number of amides is 2. The number of hydrogen-bond donors (Lipinski definition) is 2. The molecule has 0 saturated carbocycles. The van der Waals surface area contributed by atoms with Gasteiger partial charge in [0.1, 0.15) is 0 Å². The van der Waals surface area contributed by atoms with Crippen molar-refractivity contribution in [2.75, 3.05) is 77.5 Å². The van der Waals surface area contributed by atoms with Crippen molar-refractivity contribution in [3.05, 3.63) is 58.7 Å². The molecule has 0 aromatic heterocycles. The van der Waals surface area contributed by atoms with E-state index in [1.165, 1.54) is 25.7 Å². The quantitative estimate of drug-likeness (QED) is 0.104. The molecular formula is C44H78N4O5. The smallest absolute Gasteiger partial charge is 0.241 e. The summed E-state index contributed by atoms with van der Waals surface area (Å²) in [5, 5.41) is 6.25. The number of benzene rings is 2. The van der Waals surface area contributed by atoms with E-state index in [1.54, 1.807) is 0 Å². The Balaban J connectivity index is 0.00000305. The lowest BCUT2D eigenvalue weighted by Crippen LogP contribution is -2.42. The molecule has 0 radical (unpaired) electrons. The van der Waals surface area contributed by atoms with Crippen molar-refractivity contribution in [2.24, 2.45) is 0 Å². The van der Waals surface area contributed by atoms with Gasteiger partial charge in [-0.05, 0) is 89.7 Å². The molecule has 0 spiro atoms. The number of anilines is 2. The highest BCUT2D eigenvalue weighted by Gasteiger charge is 2.23. The van der Waals surface area contributed by atoms with E-state index in [0.29, 0.717) is 39.6 Å². The number of nitrogens with zero attached hydrogens (tertiary/aromatic N) is 2. The van der Waals surface area contributed by atoms with E-state index in [9.17, 15) is 9.59 Å². The summed E-state index contributed by atoms with van der Waals surface area (Å²) >= 11 is 0. The molecule has 0 bridgehead atoms. The maximum Gasteiger partial charge on any atom is 0.241 e. The average molecular weight is 743 g/mol. The zero-order chi connectivity index (χ0) is 40.0. The van der Waals surface area contributed by atoms with Crippen LogP contribution in [0.25, 0.3) is 0 Å². The summed E-state index contributed by atoms with van der Waals surface area (Å²) < 4.78 is 17.1. The molecule has 2 aromatic carbocycles.